The quantitative estimate of drug-likeness (QED) is 0.366. The lowest BCUT2D eigenvalue weighted by molar-refractivity contribution is -0.139. The van der Waals surface area contributed by atoms with Crippen molar-refractivity contribution in [1.82, 2.24) is 10.7 Å². The van der Waals surface area contributed by atoms with Crippen LogP contribution in [0.3, 0.4) is 0 Å². The average Bonchev–Trinajstić information content (AvgIpc) is 2.67. The van der Waals surface area contributed by atoms with E-state index in [-0.39, 0.29) is 12.4 Å². The van der Waals surface area contributed by atoms with Crippen LogP contribution in [-0.2, 0) is 11.3 Å². The third-order valence-corrected chi connectivity index (χ3v) is 3.78. The number of rotatable bonds is 8. The van der Waals surface area contributed by atoms with Gasteiger partial charge in [0.25, 0.3) is 0 Å². The zero-order chi connectivity index (χ0) is 19.6. The number of hydrogen-bond donors (Lipinski definition) is 3. The van der Waals surface area contributed by atoms with Gasteiger partial charge in [0, 0.05) is 6.54 Å². The first-order valence-corrected chi connectivity index (χ1v) is 8.68. The number of carboxylic acids is 1. The second-order valence-corrected chi connectivity index (χ2v) is 5.95. The Morgan fingerprint density at radius 2 is 1.85 bits per heavy atom. The summed E-state index contributed by atoms with van der Waals surface area (Å²) in [6.07, 6.45) is 0.670. The number of thiocarbonyl (C=S) groups is 1. The molecule has 0 aromatic heterocycles. The highest BCUT2D eigenvalue weighted by Crippen LogP contribution is 2.14. The van der Waals surface area contributed by atoms with Crippen LogP contribution < -0.4 is 15.5 Å². The van der Waals surface area contributed by atoms with Crippen molar-refractivity contribution in [2.24, 2.45) is 5.10 Å². The Hall–Kier alpha value is -3.00. The fourth-order valence-corrected chi connectivity index (χ4v) is 2.30. The van der Waals surface area contributed by atoms with Gasteiger partial charge in [-0.2, -0.15) is 5.10 Å². The molecule has 0 heterocycles. The number of benzene rings is 2. The Labute approximate surface area is 162 Å². The van der Waals surface area contributed by atoms with Crippen molar-refractivity contribution < 1.29 is 19.0 Å². The van der Waals surface area contributed by atoms with E-state index in [4.69, 9.17) is 22.1 Å². The molecule has 0 saturated carbocycles. The van der Waals surface area contributed by atoms with Gasteiger partial charge in [0.1, 0.15) is 11.6 Å². The number of halogens is 1. The average molecular weight is 389 g/mol. The summed E-state index contributed by atoms with van der Waals surface area (Å²) in [6, 6.07) is 13.1. The molecule has 2 aromatic rings. The molecule has 0 bridgehead atoms. The van der Waals surface area contributed by atoms with E-state index in [0.29, 0.717) is 23.8 Å². The largest absolute Gasteiger partial charge is 0.482 e. The normalized spacial score (nSPS) is 11.0. The zero-order valence-corrected chi connectivity index (χ0v) is 15.6. The third-order valence-electron chi connectivity index (χ3n) is 3.54. The Balaban J connectivity index is 1.89. The molecule has 0 radical (unpaired) electrons. The van der Waals surface area contributed by atoms with Gasteiger partial charge in [-0.05, 0) is 66.2 Å². The standard InChI is InChI=1S/C19H20FN3O3S/c1-2-17(14-5-9-16(10-6-14)26-12-18(24)25)22-23-19(27)21-11-13-3-7-15(20)8-4-13/h3-10H,2,11-12H2,1H3,(H,24,25)(H2,21,23,27)/b22-17-. The molecule has 2 rings (SSSR count). The molecule has 0 spiro atoms. The summed E-state index contributed by atoms with van der Waals surface area (Å²) in [5.41, 5.74) is 5.35. The van der Waals surface area contributed by atoms with Crippen LogP contribution in [0.2, 0.25) is 0 Å². The maximum atomic E-state index is 12.9. The highest BCUT2D eigenvalue weighted by atomic mass is 32.1. The van der Waals surface area contributed by atoms with Crippen molar-refractivity contribution in [3.63, 3.8) is 0 Å². The van der Waals surface area contributed by atoms with Gasteiger partial charge in [-0.1, -0.05) is 19.1 Å². The molecule has 0 amide bonds. The number of nitrogens with zero attached hydrogens (tertiary/aromatic N) is 1. The van der Waals surface area contributed by atoms with Gasteiger partial charge in [0.15, 0.2) is 11.7 Å². The number of aliphatic carboxylic acids is 1. The molecule has 0 saturated heterocycles. The van der Waals surface area contributed by atoms with Gasteiger partial charge in [-0.3, -0.25) is 5.43 Å². The molecular formula is C19H20FN3O3S. The minimum absolute atomic E-state index is 0.281. The summed E-state index contributed by atoms with van der Waals surface area (Å²) in [6.45, 7) is 2.03. The first kappa shape index (κ1) is 20.3. The summed E-state index contributed by atoms with van der Waals surface area (Å²) in [5.74, 6) is -0.835. The molecule has 6 nitrogen and oxygen atoms in total. The third kappa shape index (κ3) is 7.02. The molecular weight excluding hydrogens is 369 g/mol. The van der Waals surface area contributed by atoms with E-state index in [9.17, 15) is 9.18 Å². The molecule has 8 heteroatoms. The lowest BCUT2D eigenvalue weighted by atomic mass is 10.1. The smallest absolute Gasteiger partial charge is 0.341 e. The van der Waals surface area contributed by atoms with E-state index in [1.165, 1.54) is 12.1 Å². The molecule has 0 aliphatic rings. The Kier molecular flexibility index (Phi) is 7.69. The molecule has 3 N–H and O–H groups in total. The van der Waals surface area contributed by atoms with Gasteiger partial charge in [-0.25, -0.2) is 9.18 Å². The number of carbonyl (C=O) groups is 1. The Morgan fingerprint density at radius 1 is 1.19 bits per heavy atom. The van der Waals surface area contributed by atoms with Crippen molar-refractivity contribution in [1.29, 1.82) is 0 Å². The topological polar surface area (TPSA) is 83.0 Å². The summed E-state index contributed by atoms with van der Waals surface area (Å²) in [5, 5.41) is 16.3. The fraction of sp³-hybridized carbons (Fsp3) is 0.211. The fourth-order valence-electron chi connectivity index (χ4n) is 2.18. The number of hydrazone groups is 1. The molecule has 27 heavy (non-hydrogen) atoms. The maximum absolute atomic E-state index is 12.9. The van der Waals surface area contributed by atoms with Crippen LogP contribution in [0.5, 0.6) is 5.75 Å². The van der Waals surface area contributed by atoms with Crippen LogP contribution in [0.15, 0.2) is 53.6 Å². The molecule has 0 unspecified atom stereocenters. The first-order chi connectivity index (χ1) is 13.0. The summed E-state index contributed by atoms with van der Waals surface area (Å²) < 4.78 is 18.0. The molecule has 0 atom stereocenters. The maximum Gasteiger partial charge on any atom is 0.341 e. The number of nitrogens with one attached hydrogen (secondary N) is 2. The predicted molar refractivity (Wildman–Crippen MR) is 105 cm³/mol. The van der Waals surface area contributed by atoms with E-state index in [2.05, 4.69) is 15.8 Å². The summed E-state index contributed by atoms with van der Waals surface area (Å²) in [4.78, 5) is 10.5. The van der Waals surface area contributed by atoms with Crippen LogP contribution in [0.25, 0.3) is 0 Å². The van der Waals surface area contributed by atoms with Crippen LogP contribution in [0.4, 0.5) is 4.39 Å². The highest BCUT2D eigenvalue weighted by molar-refractivity contribution is 7.80. The Bertz CT molecular complexity index is 808. The van der Waals surface area contributed by atoms with Crippen LogP contribution in [0, 0.1) is 5.82 Å². The van der Waals surface area contributed by atoms with Crippen molar-refractivity contribution in [3.8, 4) is 5.75 Å². The van der Waals surface area contributed by atoms with E-state index in [1.807, 2.05) is 6.92 Å². The number of ether oxygens (including phenoxy) is 1. The van der Waals surface area contributed by atoms with E-state index in [1.54, 1.807) is 36.4 Å². The van der Waals surface area contributed by atoms with Crippen molar-refractivity contribution in [2.45, 2.75) is 19.9 Å². The minimum Gasteiger partial charge on any atom is -0.482 e. The second kappa shape index (κ2) is 10.2. The van der Waals surface area contributed by atoms with Crippen molar-refractivity contribution in [3.05, 3.63) is 65.5 Å². The van der Waals surface area contributed by atoms with E-state index in [0.717, 1.165) is 16.8 Å². The van der Waals surface area contributed by atoms with Gasteiger partial charge >= 0.3 is 5.97 Å². The first-order valence-electron chi connectivity index (χ1n) is 8.27. The SMILES string of the molecule is CC/C(=N/NC(=S)NCc1ccc(F)cc1)c1ccc(OCC(=O)O)cc1. The number of carboxylic acid groups (broad SMARTS) is 1. The highest BCUT2D eigenvalue weighted by Gasteiger charge is 2.04. The molecule has 2 aromatic carbocycles. The lowest BCUT2D eigenvalue weighted by Crippen LogP contribution is -2.32. The van der Waals surface area contributed by atoms with E-state index >= 15 is 0 Å². The second-order valence-electron chi connectivity index (χ2n) is 5.54. The summed E-state index contributed by atoms with van der Waals surface area (Å²) in [7, 11) is 0. The van der Waals surface area contributed by atoms with Gasteiger partial charge in [0.05, 0.1) is 5.71 Å². The van der Waals surface area contributed by atoms with Gasteiger partial charge in [-0.15, -0.1) is 0 Å². The Morgan fingerprint density at radius 3 is 2.44 bits per heavy atom. The van der Waals surface area contributed by atoms with Crippen molar-refractivity contribution in [2.75, 3.05) is 6.61 Å². The predicted octanol–water partition coefficient (Wildman–Crippen LogP) is 3.07. The van der Waals surface area contributed by atoms with Crippen LogP contribution in [-0.4, -0.2) is 28.5 Å². The molecule has 0 fully saturated rings. The van der Waals surface area contributed by atoms with Crippen LogP contribution >= 0.6 is 12.2 Å². The van der Waals surface area contributed by atoms with Crippen LogP contribution in [0.1, 0.15) is 24.5 Å². The van der Waals surface area contributed by atoms with Crippen molar-refractivity contribution >= 4 is 29.0 Å². The monoisotopic (exact) mass is 389 g/mol. The molecule has 142 valence electrons. The molecule has 0 aliphatic carbocycles. The van der Waals surface area contributed by atoms with Gasteiger partial charge in [0.2, 0.25) is 0 Å². The van der Waals surface area contributed by atoms with Gasteiger partial charge < -0.3 is 15.2 Å². The zero-order valence-electron chi connectivity index (χ0n) is 14.7. The molecule has 0 aliphatic heterocycles. The number of hydrogen-bond acceptors (Lipinski definition) is 4. The minimum atomic E-state index is -1.03. The van der Waals surface area contributed by atoms with E-state index < -0.39 is 5.97 Å². The summed E-state index contributed by atoms with van der Waals surface area (Å²) >= 11 is 5.20. The lowest BCUT2D eigenvalue weighted by Gasteiger charge is -2.10.